The van der Waals surface area contributed by atoms with Crippen molar-refractivity contribution in [2.75, 3.05) is 0 Å². The van der Waals surface area contributed by atoms with Gasteiger partial charge in [0, 0.05) is 61.4 Å². The second-order valence-corrected chi connectivity index (χ2v) is 13.5. The Morgan fingerprint density at radius 3 is 1.26 bits per heavy atom. The Hall–Kier alpha value is -3.32. The number of hydrogen-bond donors (Lipinski definition) is 5. The molecule has 0 saturated heterocycles. The van der Waals surface area contributed by atoms with Gasteiger partial charge in [0.05, 0.1) is 0 Å². The molecule has 0 aliphatic heterocycles. The number of ether oxygens (including phenoxy) is 2. The summed E-state index contributed by atoms with van der Waals surface area (Å²) >= 11 is 0. The summed E-state index contributed by atoms with van der Waals surface area (Å²) in [5.74, 6) is 0. The monoisotopic (exact) mass is 741 g/mol. The topological polar surface area (TPSA) is 172 Å². The van der Waals surface area contributed by atoms with E-state index in [0.717, 1.165) is 40.5 Å². The first-order chi connectivity index (χ1) is 24.1. The molecule has 0 unspecified atom stereocenters. The van der Waals surface area contributed by atoms with Crippen molar-refractivity contribution in [3.05, 3.63) is 113 Å². The van der Waals surface area contributed by atoms with Crippen LogP contribution >= 0.6 is 0 Å². The van der Waals surface area contributed by atoms with Crippen molar-refractivity contribution >= 4 is 26.9 Å². The third kappa shape index (κ3) is 30.8. The molecule has 3 aromatic carbocycles. The SMILES string of the molecule is CCC=O.CCCCCc1ccc(CNC(=O)OC(C)(C)C)cc1.NCc1ccc(CN)cc1.[B].[CH2+]C(C)(C)OC(=O)NCc1ccc(CN)cc1.[H-].[Na+]. The molecule has 10 nitrogen and oxygen atoms in total. The Balaban J connectivity index is -0.000000334. The molecule has 2 amide bonds. The molecule has 287 valence electrons. The predicted molar refractivity (Wildman–Crippen MR) is 215 cm³/mol. The van der Waals surface area contributed by atoms with Gasteiger partial charge in [0.2, 0.25) is 5.60 Å². The van der Waals surface area contributed by atoms with Crippen molar-refractivity contribution in [1.29, 1.82) is 0 Å². The van der Waals surface area contributed by atoms with E-state index in [1.165, 1.54) is 24.8 Å². The molecule has 3 rings (SSSR count). The summed E-state index contributed by atoms with van der Waals surface area (Å²) in [6.45, 7) is 19.4. The molecule has 0 saturated carbocycles. The fraction of sp³-hybridized carbons (Fsp3) is 0.463. The van der Waals surface area contributed by atoms with Crippen LogP contribution in [-0.2, 0) is 53.4 Å². The number of unbranched alkanes of at least 4 members (excludes halogenated alkanes) is 2. The summed E-state index contributed by atoms with van der Waals surface area (Å²) in [4.78, 5) is 32.1. The molecule has 0 aliphatic rings. The Bertz CT molecular complexity index is 1350. The second kappa shape index (κ2) is 31.1. The van der Waals surface area contributed by atoms with Crippen LogP contribution in [0, 0.1) is 6.92 Å². The molecular formula is C41H65BN5NaO5+. The van der Waals surface area contributed by atoms with E-state index in [1.807, 2.05) is 76.2 Å². The minimum Gasteiger partial charge on any atom is -1.00 e. The molecule has 53 heavy (non-hydrogen) atoms. The van der Waals surface area contributed by atoms with E-state index in [-0.39, 0.29) is 45.5 Å². The maximum Gasteiger partial charge on any atom is 1.00 e. The fourth-order valence-corrected chi connectivity index (χ4v) is 3.96. The van der Waals surface area contributed by atoms with Crippen LogP contribution < -0.4 is 57.4 Å². The van der Waals surface area contributed by atoms with Crippen LogP contribution in [-0.4, -0.2) is 38.1 Å². The molecule has 0 atom stereocenters. The molecule has 0 bridgehead atoms. The maximum absolute atomic E-state index is 11.5. The van der Waals surface area contributed by atoms with E-state index in [9.17, 15) is 14.4 Å². The average Bonchev–Trinajstić information content (AvgIpc) is 3.10. The predicted octanol–water partition coefficient (Wildman–Crippen LogP) is 4.36. The summed E-state index contributed by atoms with van der Waals surface area (Å²) in [6, 6.07) is 24.2. The first-order valence-electron chi connectivity index (χ1n) is 17.7. The van der Waals surface area contributed by atoms with Gasteiger partial charge in [0.15, 0.2) is 0 Å². The quantitative estimate of drug-likeness (QED) is 0.0745. The third-order valence-electron chi connectivity index (χ3n) is 6.65. The van der Waals surface area contributed by atoms with Crippen LogP contribution in [0.5, 0.6) is 0 Å². The molecule has 0 spiro atoms. The van der Waals surface area contributed by atoms with Crippen LogP contribution in [0.25, 0.3) is 0 Å². The van der Waals surface area contributed by atoms with Gasteiger partial charge in [-0.2, -0.15) is 0 Å². The summed E-state index contributed by atoms with van der Waals surface area (Å²) in [5.41, 5.74) is 22.0. The normalized spacial score (nSPS) is 10.1. The molecule has 12 heteroatoms. The zero-order valence-corrected chi connectivity index (χ0v) is 35.6. The standard InChI is InChI=1S/C17H27NO2.C13H18N2O2.C8H12N2.C3H6O.B.Na.H/c1-5-6-7-8-14-9-11-15(12-10-14)13-18-16(19)20-17(2,3)4;1-13(2,3)17-12(16)15-9-11-6-4-10(8-14)5-7-11;9-5-7-1-2-8(6-10)4-3-7;1-2-3-4;;;/h9-12H,5-8,13H2,1-4H3,(H,18,19);4-7H,1,8-9,14H2,2-3H3;1-4H,5-6,9-10H2;3H,2H2,1H3;;;/q;;;;;+1;-1/p+1. The van der Waals surface area contributed by atoms with E-state index >= 15 is 0 Å². The molecule has 3 aromatic rings. The van der Waals surface area contributed by atoms with Crippen molar-refractivity contribution < 1.29 is 54.8 Å². The molecule has 0 heterocycles. The number of alkyl carbamates (subject to hydrolysis) is 2. The number of carbonyl (C=O) groups excluding carboxylic acids is 3. The smallest absolute Gasteiger partial charge is 1.00 e. The number of aldehydes is 1. The Morgan fingerprint density at radius 2 is 0.981 bits per heavy atom. The van der Waals surface area contributed by atoms with Crippen molar-refractivity contribution in [2.24, 2.45) is 17.2 Å². The third-order valence-corrected chi connectivity index (χ3v) is 6.65. The van der Waals surface area contributed by atoms with Crippen LogP contribution in [0.3, 0.4) is 0 Å². The summed E-state index contributed by atoms with van der Waals surface area (Å²) < 4.78 is 10.2. The largest absolute Gasteiger partial charge is 1.00 e. The van der Waals surface area contributed by atoms with E-state index in [4.69, 9.17) is 26.7 Å². The summed E-state index contributed by atoms with van der Waals surface area (Å²) in [7, 11) is 0. The summed E-state index contributed by atoms with van der Waals surface area (Å²) in [6.07, 6.45) is 5.58. The zero-order valence-electron chi connectivity index (χ0n) is 34.6. The number of rotatable bonds is 13. The maximum atomic E-state index is 11.5. The minimum absolute atomic E-state index is 0. The van der Waals surface area contributed by atoms with Gasteiger partial charge in [-0.1, -0.05) is 99.5 Å². The van der Waals surface area contributed by atoms with Crippen molar-refractivity contribution in [2.45, 2.75) is 124 Å². The number of nitrogens with one attached hydrogen (secondary N) is 2. The van der Waals surface area contributed by atoms with Crippen molar-refractivity contribution in [1.82, 2.24) is 10.6 Å². The van der Waals surface area contributed by atoms with Gasteiger partial charge in [-0.05, 0) is 67.0 Å². The van der Waals surface area contributed by atoms with Gasteiger partial charge < -0.3 is 43.5 Å². The van der Waals surface area contributed by atoms with Gasteiger partial charge in [-0.25, -0.2) is 9.59 Å². The number of hydrogen-bond acceptors (Lipinski definition) is 8. The summed E-state index contributed by atoms with van der Waals surface area (Å²) in [5, 5.41) is 5.43. The van der Waals surface area contributed by atoms with Crippen LogP contribution in [0.4, 0.5) is 9.59 Å². The van der Waals surface area contributed by atoms with E-state index in [2.05, 4.69) is 48.7 Å². The number of amides is 2. The van der Waals surface area contributed by atoms with Gasteiger partial charge >= 0.3 is 41.7 Å². The number of aryl methyl sites for hydroxylation is 1. The molecule has 0 aliphatic carbocycles. The first kappa shape index (κ1) is 54.0. The fourth-order valence-electron chi connectivity index (χ4n) is 3.96. The van der Waals surface area contributed by atoms with Gasteiger partial charge in [-0.3, -0.25) is 0 Å². The molecular weight excluding hydrogens is 676 g/mol. The van der Waals surface area contributed by atoms with Crippen molar-refractivity contribution in [3.63, 3.8) is 0 Å². The van der Waals surface area contributed by atoms with E-state index < -0.39 is 17.3 Å². The second-order valence-electron chi connectivity index (χ2n) is 13.5. The Kier molecular flexibility index (Phi) is 31.7. The Morgan fingerprint density at radius 1 is 0.660 bits per heavy atom. The number of benzene rings is 3. The number of nitrogens with two attached hydrogens (primary N) is 3. The molecule has 3 radical (unpaired) electrons. The zero-order chi connectivity index (χ0) is 38.7. The minimum atomic E-state index is -0.715. The van der Waals surface area contributed by atoms with Crippen molar-refractivity contribution in [3.8, 4) is 0 Å². The van der Waals surface area contributed by atoms with Gasteiger partial charge in [0.25, 0.3) is 0 Å². The average molecular weight is 742 g/mol. The van der Waals surface area contributed by atoms with Gasteiger partial charge in [-0.15, -0.1) is 0 Å². The van der Waals surface area contributed by atoms with Gasteiger partial charge in [0.1, 0.15) is 18.8 Å². The molecule has 0 aromatic heterocycles. The Labute approximate surface area is 345 Å². The van der Waals surface area contributed by atoms with Crippen LogP contribution in [0.15, 0.2) is 72.8 Å². The number of carbonyl (C=O) groups is 3. The first-order valence-corrected chi connectivity index (χ1v) is 17.7. The van der Waals surface area contributed by atoms with Crippen LogP contribution in [0.1, 0.15) is 109 Å². The molecule has 0 fully saturated rings. The molecule has 8 N–H and O–H groups in total. The van der Waals surface area contributed by atoms with E-state index in [1.54, 1.807) is 13.8 Å². The van der Waals surface area contributed by atoms with E-state index in [0.29, 0.717) is 39.1 Å². The van der Waals surface area contributed by atoms with Crippen LogP contribution in [0.2, 0.25) is 0 Å².